The highest BCUT2D eigenvalue weighted by Gasteiger charge is 2.17. The molecule has 17 heavy (non-hydrogen) atoms. The van der Waals surface area contributed by atoms with E-state index >= 15 is 0 Å². The zero-order valence-electron chi connectivity index (χ0n) is 9.63. The van der Waals surface area contributed by atoms with Gasteiger partial charge < -0.3 is 19.9 Å². The van der Waals surface area contributed by atoms with Crippen molar-refractivity contribution in [3.8, 4) is 0 Å². The van der Waals surface area contributed by atoms with E-state index in [-0.39, 0.29) is 0 Å². The van der Waals surface area contributed by atoms with Gasteiger partial charge in [-0.1, -0.05) is 0 Å². The lowest BCUT2D eigenvalue weighted by Gasteiger charge is -2.26. The van der Waals surface area contributed by atoms with E-state index in [2.05, 4.69) is 19.9 Å². The van der Waals surface area contributed by atoms with Gasteiger partial charge in [-0.05, 0) is 0 Å². The number of fused-ring (bicyclic) bond motifs is 1. The van der Waals surface area contributed by atoms with Gasteiger partial charge in [-0.3, -0.25) is 0 Å². The van der Waals surface area contributed by atoms with E-state index < -0.39 is 0 Å². The lowest BCUT2D eigenvalue weighted by atomic mass is 10.4. The third kappa shape index (κ3) is 1.68. The Balaban J connectivity index is 2.07. The number of morpholine rings is 1. The molecule has 0 unspecified atom stereocenters. The Morgan fingerprint density at radius 2 is 2.06 bits per heavy atom. The second-order valence-electron chi connectivity index (χ2n) is 4.04. The van der Waals surface area contributed by atoms with Crippen molar-refractivity contribution in [2.45, 2.75) is 0 Å². The summed E-state index contributed by atoms with van der Waals surface area (Å²) < 4.78 is 7.15. The molecule has 3 heterocycles. The number of rotatable bonds is 1. The molecular weight excluding hydrogens is 220 g/mol. The first kappa shape index (κ1) is 10.3. The zero-order valence-corrected chi connectivity index (χ0v) is 9.63. The SMILES string of the molecule is Cn1cnc2c(N)nc(N3CCOCC3)nc21. The molecule has 0 radical (unpaired) electrons. The fourth-order valence-corrected chi connectivity index (χ4v) is 1.92. The van der Waals surface area contributed by atoms with Gasteiger partial charge in [0.05, 0.1) is 19.5 Å². The van der Waals surface area contributed by atoms with Crippen LogP contribution in [0.15, 0.2) is 6.33 Å². The number of anilines is 2. The topological polar surface area (TPSA) is 82.1 Å². The van der Waals surface area contributed by atoms with Crippen LogP contribution in [-0.2, 0) is 11.8 Å². The third-order valence-corrected chi connectivity index (χ3v) is 2.87. The molecule has 0 aromatic carbocycles. The van der Waals surface area contributed by atoms with Crippen molar-refractivity contribution >= 4 is 22.9 Å². The average Bonchev–Trinajstić information content (AvgIpc) is 2.73. The van der Waals surface area contributed by atoms with Crippen molar-refractivity contribution in [2.24, 2.45) is 7.05 Å². The smallest absolute Gasteiger partial charge is 0.229 e. The number of nitrogens with zero attached hydrogens (tertiary/aromatic N) is 5. The summed E-state index contributed by atoms with van der Waals surface area (Å²) in [6.07, 6.45) is 1.69. The highest BCUT2D eigenvalue weighted by molar-refractivity contribution is 5.82. The van der Waals surface area contributed by atoms with Crippen LogP contribution in [0.5, 0.6) is 0 Å². The largest absolute Gasteiger partial charge is 0.382 e. The van der Waals surface area contributed by atoms with Gasteiger partial charge in [0.15, 0.2) is 11.5 Å². The van der Waals surface area contributed by atoms with Crippen LogP contribution in [0.4, 0.5) is 11.8 Å². The van der Waals surface area contributed by atoms with E-state index in [1.807, 2.05) is 11.6 Å². The van der Waals surface area contributed by atoms with Crippen LogP contribution in [0.25, 0.3) is 11.2 Å². The van der Waals surface area contributed by atoms with Crippen LogP contribution in [0.1, 0.15) is 0 Å². The molecular formula is C10H14N6O. The first-order valence-corrected chi connectivity index (χ1v) is 5.53. The molecule has 0 saturated carbocycles. The molecule has 1 fully saturated rings. The molecule has 2 aromatic rings. The summed E-state index contributed by atoms with van der Waals surface area (Å²) in [6, 6.07) is 0. The fourth-order valence-electron chi connectivity index (χ4n) is 1.92. The first-order valence-electron chi connectivity index (χ1n) is 5.53. The standard InChI is InChI=1S/C10H14N6O/c1-15-6-12-7-8(11)13-10(14-9(7)15)16-2-4-17-5-3-16/h6H,2-5H2,1H3,(H2,11,13,14). The second kappa shape index (κ2) is 3.85. The minimum atomic E-state index is 0.428. The van der Waals surface area contributed by atoms with Gasteiger partial charge in [0.1, 0.15) is 5.52 Å². The molecule has 0 amide bonds. The molecule has 1 aliphatic rings. The Hall–Kier alpha value is -1.89. The number of ether oxygens (including phenoxy) is 1. The van der Waals surface area contributed by atoms with Crippen molar-refractivity contribution in [1.82, 2.24) is 19.5 Å². The van der Waals surface area contributed by atoms with E-state index in [1.165, 1.54) is 0 Å². The minimum Gasteiger partial charge on any atom is -0.382 e. The van der Waals surface area contributed by atoms with Crippen LogP contribution in [0.3, 0.4) is 0 Å². The van der Waals surface area contributed by atoms with Gasteiger partial charge in [-0.2, -0.15) is 9.97 Å². The summed E-state index contributed by atoms with van der Waals surface area (Å²) in [7, 11) is 1.89. The number of aromatic nitrogens is 4. The number of nitrogens with two attached hydrogens (primary N) is 1. The first-order chi connectivity index (χ1) is 8.25. The van der Waals surface area contributed by atoms with Crippen molar-refractivity contribution in [2.75, 3.05) is 36.9 Å². The monoisotopic (exact) mass is 234 g/mol. The molecule has 0 spiro atoms. The maximum atomic E-state index is 5.89. The summed E-state index contributed by atoms with van der Waals surface area (Å²) in [5, 5.41) is 0. The molecule has 2 aromatic heterocycles. The predicted octanol–water partition coefficient (Wildman–Crippen LogP) is -0.218. The van der Waals surface area contributed by atoms with Gasteiger partial charge in [-0.15, -0.1) is 0 Å². The van der Waals surface area contributed by atoms with Crippen LogP contribution in [-0.4, -0.2) is 45.8 Å². The molecule has 1 saturated heterocycles. The van der Waals surface area contributed by atoms with Crippen molar-refractivity contribution in [3.63, 3.8) is 0 Å². The van der Waals surface area contributed by atoms with Gasteiger partial charge in [-0.25, -0.2) is 4.98 Å². The van der Waals surface area contributed by atoms with Gasteiger partial charge in [0, 0.05) is 20.1 Å². The van der Waals surface area contributed by atoms with E-state index in [9.17, 15) is 0 Å². The van der Waals surface area contributed by atoms with Crippen LogP contribution in [0.2, 0.25) is 0 Å². The van der Waals surface area contributed by atoms with Gasteiger partial charge in [0.25, 0.3) is 0 Å². The molecule has 1 aliphatic heterocycles. The Labute approximate surface area is 98.2 Å². The Bertz CT molecular complexity index is 545. The number of imidazole rings is 1. The van der Waals surface area contributed by atoms with Crippen LogP contribution < -0.4 is 10.6 Å². The van der Waals surface area contributed by atoms with Crippen molar-refractivity contribution in [3.05, 3.63) is 6.33 Å². The molecule has 90 valence electrons. The Kier molecular flexibility index (Phi) is 2.32. The van der Waals surface area contributed by atoms with Gasteiger partial charge in [0.2, 0.25) is 5.95 Å². The maximum absolute atomic E-state index is 5.89. The second-order valence-corrected chi connectivity index (χ2v) is 4.04. The minimum absolute atomic E-state index is 0.428. The molecule has 0 atom stereocenters. The number of hydrogen-bond acceptors (Lipinski definition) is 6. The summed E-state index contributed by atoms with van der Waals surface area (Å²) in [5.41, 5.74) is 7.31. The average molecular weight is 234 g/mol. The van der Waals surface area contributed by atoms with E-state index in [0.717, 1.165) is 18.7 Å². The molecule has 2 N–H and O–H groups in total. The van der Waals surface area contributed by atoms with Crippen molar-refractivity contribution < 1.29 is 4.74 Å². The van der Waals surface area contributed by atoms with E-state index in [4.69, 9.17) is 10.5 Å². The Morgan fingerprint density at radius 1 is 1.29 bits per heavy atom. The van der Waals surface area contributed by atoms with Crippen LogP contribution in [0, 0.1) is 0 Å². The predicted molar refractivity (Wildman–Crippen MR) is 63.7 cm³/mol. The number of nitrogen functional groups attached to an aromatic ring is 1. The maximum Gasteiger partial charge on any atom is 0.229 e. The number of aryl methyl sites for hydroxylation is 1. The molecule has 7 nitrogen and oxygen atoms in total. The summed E-state index contributed by atoms with van der Waals surface area (Å²) in [6.45, 7) is 2.99. The lowest BCUT2D eigenvalue weighted by Crippen LogP contribution is -2.37. The molecule has 0 bridgehead atoms. The van der Waals surface area contributed by atoms with Crippen LogP contribution >= 0.6 is 0 Å². The zero-order chi connectivity index (χ0) is 11.8. The highest BCUT2D eigenvalue weighted by atomic mass is 16.5. The summed E-state index contributed by atoms with van der Waals surface area (Å²) in [4.78, 5) is 15.0. The van der Waals surface area contributed by atoms with E-state index in [1.54, 1.807) is 6.33 Å². The van der Waals surface area contributed by atoms with Gasteiger partial charge >= 0.3 is 0 Å². The number of hydrogen-bond donors (Lipinski definition) is 1. The summed E-state index contributed by atoms with van der Waals surface area (Å²) in [5.74, 6) is 1.08. The fraction of sp³-hybridized carbons (Fsp3) is 0.500. The quantitative estimate of drug-likeness (QED) is 0.734. The molecule has 7 heteroatoms. The highest BCUT2D eigenvalue weighted by Crippen LogP contribution is 2.19. The Morgan fingerprint density at radius 3 is 2.82 bits per heavy atom. The van der Waals surface area contributed by atoms with E-state index in [0.29, 0.717) is 30.5 Å². The summed E-state index contributed by atoms with van der Waals surface area (Å²) >= 11 is 0. The molecule has 0 aliphatic carbocycles. The molecule has 3 rings (SSSR count). The third-order valence-electron chi connectivity index (χ3n) is 2.87. The lowest BCUT2D eigenvalue weighted by molar-refractivity contribution is 0.122. The van der Waals surface area contributed by atoms with Crippen molar-refractivity contribution in [1.29, 1.82) is 0 Å². The normalized spacial score (nSPS) is 16.6.